The van der Waals surface area contributed by atoms with Gasteiger partial charge in [0, 0.05) is 29.2 Å². The number of hydrogen-bond donors (Lipinski definition) is 2. The van der Waals surface area contributed by atoms with E-state index >= 15 is 0 Å². The van der Waals surface area contributed by atoms with Crippen LogP contribution >= 0.6 is 0 Å². The fourth-order valence-corrected chi connectivity index (χ4v) is 9.83. The van der Waals surface area contributed by atoms with Crippen LogP contribution < -0.4 is 19.5 Å². The molecule has 1 aromatic carbocycles. The van der Waals surface area contributed by atoms with Crippen LogP contribution in [0.4, 0.5) is 0 Å². The van der Waals surface area contributed by atoms with E-state index in [1.165, 1.54) is 4.90 Å². The third-order valence-corrected chi connectivity index (χ3v) is 14.3. The number of esters is 1. The summed E-state index contributed by atoms with van der Waals surface area (Å²) in [4.78, 5) is 63.0. The van der Waals surface area contributed by atoms with Gasteiger partial charge in [0.25, 0.3) is 5.91 Å². The van der Waals surface area contributed by atoms with Crippen molar-refractivity contribution in [2.24, 2.45) is 11.8 Å². The summed E-state index contributed by atoms with van der Waals surface area (Å²) in [5, 5.41) is 3.87. The summed E-state index contributed by atoms with van der Waals surface area (Å²) in [6.07, 6.45) is 9.56. The van der Waals surface area contributed by atoms with Crippen molar-refractivity contribution >= 4 is 44.6 Å². The first-order valence-corrected chi connectivity index (χ1v) is 21.1. The predicted molar refractivity (Wildman–Crippen MR) is 205 cm³/mol. The molecule has 1 spiro atoms. The number of nitrogens with one attached hydrogen (secondary N) is 2. The van der Waals surface area contributed by atoms with Gasteiger partial charge in [-0.05, 0) is 104 Å². The third kappa shape index (κ3) is 7.67. The first-order chi connectivity index (χ1) is 25.9. The lowest BCUT2D eigenvalue weighted by atomic mass is 9.87. The van der Waals surface area contributed by atoms with Gasteiger partial charge in [0.2, 0.25) is 21.8 Å². The number of aryl methyl sites for hydroxylation is 2. The molecule has 298 valence electrons. The first-order valence-electron chi connectivity index (χ1n) is 19.6. The molecule has 0 radical (unpaired) electrons. The van der Waals surface area contributed by atoms with Crippen LogP contribution in [0, 0.1) is 18.8 Å². The van der Waals surface area contributed by atoms with E-state index in [0.717, 1.165) is 35.7 Å². The highest BCUT2D eigenvalue weighted by atomic mass is 32.2. The molecule has 14 heteroatoms. The van der Waals surface area contributed by atoms with Crippen molar-refractivity contribution < 1.29 is 41.8 Å². The van der Waals surface area contributed by atoms with Gasteiger partial charge in [0.15, 0.2) is 0 Å². The number of amides is 3. The van der Waals surface area contributed by atoms with Crippen molar-refractivity contribution in [3.8, 4) is 11.5 Å². The number of sulfonamides is 1. The third-order valence-electron chi connectivity index (χ3n) is 12.1. The summed E-state index contributed by atoms with van der Waals surface area (Å²) in [6, 6.07) is 4.66. The predicted octanol–water partition coefficient (Wildman–Crippen LogP) is 4.96. The van der Waals surface area contributed by atoms with Crippen LogP contribution in [0.1, 0.15) is 110 Å². The molecule has 0 bridgehead atoms. The van der Waals surface area contributed by atoms with Crippen molar-refractivity contribution in [3.05, 3.63) is 41.6 Å². The molecule has 2 N–H and O–H groups in total. The van der Waals surface area contributed by atoms with Gasteiger partial charge in [-0.25, -0.2) is 13.4 Å². The quantitative estimate of drug-likeness (QED) is 0.302. The van der Waals surface area contributed by atoms with Gasteiger partial charge in [0.1, 0.15) is 34.3 Å². The maximum atomic E-state index is 14.8. The standard InChI is InChI=1S/C41H54N4O9S/c1-25-34-29(30-21-28(52-6)14-15-31(30)42-25)16-17-40(54-34)23-32-35(47)43-41(37(49)44-55(50,51)39(5)18-19-39)22-27(41)13-11-9-7-8-10-12-26(36(48)45(32)24-40)20-33(46)53-38(2,3)4/h11,13-15,21,26-27,32H,7-10,12,16-20,22-24H2,1-6H3,(H,43,47)(H,44,49)/b13-11-/t26-,27-,32+,40-,41-/m1/s1. The average molecular weight is 779 g/mol. The molecule has 3 fully saturated rings. The summed E-state index contributed by atoms with van der Waals surface area (Å²) in [6.45, 7) is 8.91. The first kappa shape index (κ1) is 39.1. The number of carbonyl (C=O) groups excluding carboxylic acids is 4. The van der Waals surface area contributed by atoms with Gasteiger partial charge in [-0.1, -0.05) is 25.0 Å². The SMILES string of the molecule is COc1ccc2nc(C)c3c(c2c1)CC[C@]1(C[C@H]2C(=O)N[C@]4(C(=O)NS(=O)(=O)C5(C)CC5)C[C@H]4/C=C\CCCCC[C@H](CC(=O)OC(C)(C)C)C(=O)N2C1)O3. The molecule has 13 nitrogen and oxygen atoms in total. The highest BCUT2D eigenvalue weighted by Gasteiger charge is 2.64. The smallest absolute Gasteiger partial charge is 0.307 e. The molecule has 5 aliphatic rings. The maximum Gasteiger partial charge on any atom is 0.307 e. The molecular formula is C41H54N4O9S. The van der Waals surface area contributed by atoms with E-state index in [2.05, 4.69) is 10.0 Å². The minimum atomic E-state index is -3.98. The van der Waals surface area contributed by atoms with Gasteiger partial charge in [-0.3, -0.25) is 23.9 Å². The van der Waals surface area contributed by atoms with Crippen molar-refractivity contribution in [3.63, 3.8) is 0 Å². The number of fused-ring (bicyclic) bond motifs is 5. The van der Waals surface area contributed by atoms with E-state index < -0.39 is 67.2 Å². The van der Waals surface area contributed by atoms with Crippen LogP contribution in [0.5, 0.6) is 11.5 Å². The summed E-state index contributed by atoms with van der Waals surface area (Å²) in [5.41, 5.74) is -0.730. The van der Waals surface area contributed by atoms with E-state index in [4.69, 9.17) is 19.2 Å². The topological polar surface area (TPSA) is 170 Å². The fourth-order valence-electron chi connectivity index (χ4n) is 8.51. The van der Waals surface area contributed by atoms with Gasteiger partial charge in [-0.2, -0.15) is 0 Å². The zero-order valence-corrected chi connectivity index (χ0v) is 33.6. The molecule has 1 aromatic heterocycles. The highest BCUT2D eigenvalue weighted by molar-refractivity contribution is 7.91. The van der Waals surface area contributed by atoms with Gasteiger partial charge in [-0.15, -0.1) is 0 Å². The minimum Gasteiger partial charge on any atom is -0.497 e. The lowest BCUT2D eigenvalue weighted by Crippen LogP contribution is -2.57. The summed E-state index contributed by atoms with van der Waals surface area (Å²) < 4.78 is 45.8. The lowest BCUT2D eigenvalue weighted by molar-refractivity contribution is -0.159. The molecule has 3 amide bonds. The second-order valence-corrected chi connectivity index (χ2v) is 19.8. The second kappa shape index (κ2) is 14.1. The van der Waals surface area contributed by atoms with E-state index in [9.17, 15) is 27.6 Å². The van der Waals surface area contributed by atoms with Crippen molar-refractivity contribution in [2.75, 3.05) is 13.7 Å². The van der Waals surface area contributed by atoms with Gasteiger partial charge >= 0.3 is 5.97 Å². The Bertz CT molecular complexity index is 2060. The normalized spacial score (nSPS) is 29.7. The number of carbonyl (C=O) groups is 4. The van der Waals surface area contributed by atoms with E-state index in [-0.39, 0.29) is 31.7 Å². The Kier molecular flexibility index (Phi) is 9.99. The van der Waals surface area contributed by atoms with Crippen LogP contribution in [-0.4, -0.2) is 83.2 Å². The summed E-state index contributed by atoms with van der Waals surface area (Å²) in [5.74, 6) is -2.04. The van der Waals surface area contributed by atoms with Gasteiger partial charge in [0.05, 0.1) is 36.0 Å². The Morgan fingerprint density at radius 2 is 1.87 bits per heavy atom. The van der Waals surface area contributed by atoms with Crippen molar-refractivity contribution in [1.29, 1.82) is 0 Å². The van der Waals surface area contributed by atoms with E-state index in [0.29, 0.717) is 55.7 Å². The molecule has 55 heavy (non-hydrogen) atoms. The Balaban J connectivity index is 1.24. The number of allylic oxidation sites excluding steroid dienone is 1. The fraction of sp³-hybridized carbons (Fsp3) is 0.634. The Morgan fingerprint density at radius 1 is 1.11 bits per heavy atom. The van der Waals surface area contributed by atoms with E-state index in [1.807, 2.05) is 37.3 Å². The van der Waals surface area contributed by atoms with Crippen LogP contribution in [0.3, 0.4) is 0 Å². The minimum absolute atomic E-state index is 0.0824. The van der Waals surface area contributed by atoms with Gasteiger partial charge < -0.3 is 24.4 Å². The summed E-state index contributed by atoms with van der Waals surface area (Å²) in [7, 11) is -2.37. The number of aromatic nitrogens is 1. The van der Waals surface area contributed by atoms with Crippen molar-refractivity contribution in [1.82, 2.24) is 19.9 Å². The molecule has 2 saturated carbocycles. The molecule has 2 aliphatic carbocycles. The lowest BCUT2D eigenvalue weighted by Gasteiger charge is -2.36. The molecular weight excluding hydrogens is 725 g/mol. The number of ether oxygens (including phenoxy) is 3. The summed E-state index contributed by atoms with van der Waals surface area (Å²) >= 11 is 0. The number of benzene rings is 1. The van der Waals surface area contributed by atoms with Crippen LogP contribution in [0.2, 0.25) is 0 Å². The van der Waals surface area contributed by atoms with E-state index in [1.54, 1.807) is 34.8 Å². The zero-order valence-electron chi connectivity index (χ0n) is 32.8. The molecule has 4 heterocycles. The Labute approximate surface area is 323 Å². The van der Waals surface area contributed by atoms with Crippen LogP contribution in [0.25, 0.3) is 10.9 Å². The molecule has 5 atom stereocenters. The number of methoxy groups -OCH3 is 1. The Morgan fingerprint density at radius 3 is 2.58 bits per heavy atom. The molecule has 2 aromatic rings. The largest absolute Gasteiger partial charge is 0.497 e. The number of pyridine rings is 1. The highest BCUT2D eigenvalue weighted by Crippen LogP contribution is 2.49. The zero-order chi connectivity index (χ0) is 39.6. The van der Waals surface area contributed by atoms with Crippen LogP contribution in [0.15, 0.2) is 30.4 Å². The monoisotopic (exact) mass is 778 g/mol. The number of nitrogens with zero attached hydrogens (tertiary/aromatic N) is 2. The molecule has 3 aliphatic heterocycles. The average Bonchev–Trinajstić information content (AvgIpc) is 4.01. The number of rotatable bonds is 6. The van der Waals surface area contributed by atoms with Crippen LogP contribution in [-0.2, 0) is 40.4 Å². The maximum absolute atomic E-state index is 14.8. The molecule has 1 saturated heterocycles. The second-order valence-electron chi connectivity index (χ2n) is 17.6. The molecule has 7 rings (SSSR count). The van der Waals surface area contributed by atoms with Crippen molar-refractivity contribution in [2.45, 2.75) is 139 Å². The molecule has 0 unspecified atom stereocenters. The number of hydrogen-bond acceptors (Lipinski definition) is 10. The Hall–Kier alpha value is -4.20.